The minimum absolute atomic E-state index is 0.0700. The molecule has 0 atom stereocenters. The quantitative estimate of drug-likeness (QED) is 0.767. The number of ether oxygens (including phenoxy) is 1. The Hall–Kier alpha value is -1.18. The predicted octanol–water partition coefficient (Wildman–Crippen LogP) is 0.336. The number of anilines is 1. The molecule has 0 unspecified atom stereocenters. The van der Waals surface area contributed by atoms with Crippen LogP contribution in [0.15, 0.2) is 6.20 Å². The molecular weight excluding hydrogens is 276 g/mol. The van der Waals surface area contributed by atoms with Crippen molar-refractivity contribution >= 4 is 22.4 Å². The van der Waals surface area contributed by atoms with E-state index in [1.165, 1.54) is 4.88 Å². The highest BCUT2D eigenvalue weighted by atomic mass is 32.1. The van der Waals surface area contributed by atoms with Gasteiger partial charge in [0.15, 0.2) is 5.13 Å². The van der Waals surface area contributed by atoms with E-state index in [4.69, 9.17) is 4.74 Å². The molecule has 0 aliphatic carbocycles. The summed E-state index contributed by atoms with van der Waals surface area (Å²) in [7, 11) is 1.63. The number of nitrogens with one attached hydrogen (secondary N) is 1. The summed E-state index contributed by atoms with van der Waals surface area (Å²) in [4.78, 5) is 21.8. The maximum absolute atomic E-state index is 11.7. The van der Waals surface area contributed by atoms with Gasteiger partial charge in [-0.3, -0.25) is 9.69 Å². The number of piperazine rings is 1. The summed E-state index contributed by atoms with van der Waals surface area (Å²) < 4.78 is 4.91. The highest BCUT2D eigenvalue weighted by molar-refractivity contribution is 7.15. The van der Waals surface area contributed by atoms with Gasteiger partial charge in [-0.15, -0.1) is 11.3 Å². The average molecular weight is 298 g/mol. The molecule has 1 saturated heterocycles. The zero-order valence-corrected chi connectivity index (χ0v) is 12.9. The Bertz CT molecular complexity index is 430. The van der Waals surface area contributed by atoms with Crippen LogP contribution in [-0.2, 0) is 9.53 Å². The number of methoxy groups -OCH3 is 1. The summed E-state index contributed by atoms with van der Waals surface area (Å²) in [5, 5.41) is 3.94. The van der Waals surface area contributed by atoms with Gasteiger partial charge >= 0.3 is 0 Å². The van der Waals surface area contributed by atoms with Gasteiger partial charge < -0.3 is 15.0 Å². The van der Waals surface area contributed by atoms with Crippen LogP contribution in [0.25, 0.3) is 0 Å². The van der Waals surface area contributed by atoms with E-state index in [-0.39, 0.29) is 5.91 Å². The second-order valence-corrected chi connectivity index (χ2v) is 6.07. The van der Waals surface area contributed by atoms with Gasteiger partial charge in [-0.1, -0.05) is 0 Å². The smallest absolute Gasteiger partial charge is 0.234 e. The largest absolute Gasteiger partial charge is 0.383 e. The molecule has 0 saturated carbocycles. The van der Waals surface area contributed by atoms with Crippen LogP contribution in [0.1, 0.15) is 4.88 Å². The number of aromatic nitrogens is 1. The van der Waals surface area contributed by atoms with Gasteiger partial charge in [0.2, 0.25) is 5.91 Å². The number of amides is 1. The highest BCUT2D eigenvalue weighted by Gasteiger charge is 2.20. The lowest BCUT2D eigenvalue weighted by atomic mass is 10.3. The Labute approximate surface area is 123 Å². The topological polar surface area (TPSA) is 57.7 Å². The molecule has 1 fully saturated rings. The third kappa shape index (κ3) is 4.43. The Morgan fingerprint density at radius 1 is 1.45 bits per heavy atom. The molecule has 6 nitrogen and oxygen atoms in total. The van der Waals surface area contributed by atoms with Crippen LogP contribution in [0.4, 0.5) is 5.13 Å². The van der Waals surface area contributed by atoms with Crippen molar-refractivity contribution in [1.29, 1.82) is 0 Å². The van der Waals surface area contributed by atoms with Crippen molar-refractivity contribution in [2.75, 3.05) is 57.9 Å². The van der Waals surface area contributed by atoms with Crippen molar-refractivity contribution in [2.45, 2.75) is 6.92 Å². The summed E-state index contributed by atoms with van der Waals surface area (Å²) in [6.45, 7) is 7.33. The van der Waals surface area contributed by atoms with E-state index in [2.05, 4.69) is 27.0 Å². The molecule has 112 valence electrons. The van der Waals surface area contributed by atoms with E-state index in [0.717, 1.165) is 31.3 Å². The monoisotopic (exact) mass is 298 g/mol. The normalized spacial score (nSPS) is 16.4. The van der Waals surface area contributed by atoms with E-state index in [1.807, 2.05) is 6.20 Å². The van der Waals surface area contributed by atoms with Crippen LogP contribution in [0.5, 0.6) is 0 Å². The van der Waals surface area contributed by atoms with E-state index in [9.17, 15) is 4.79 Å². The van der Waals surface area contributed by atoms with E-state index in [1.54, 1.807) is 18.4 Å². The molecule has 1 N–H and O–H groups in total. The molecule has 1 aliphatic heterocycles. The van der Waals surface area contributed by atoms with Crippen LogP contribution in [0, 0.1) is 6.92 Å². The van der Waals surface area contributed by atoms with Gasteiger partial charge in [0.1, 0.15) is 0 Å². The van der Waals surface area contributed by atoms with E-state index < -0.39 is 0 Å². The SMILES string of the molecule is COCCNC(=O)CN1CCN(c2ncc(C)s2)CC1. The molecule has 7 heteroatoms. The Balaban J connectivity index is 1.70. The van der Waals surface area contributed by atoms with Crippen LogP contribution in [0.3, 0.4) is 0 Å². The Kier molecular flexibility index (Phi) is 5.75. The maximum Gasteiger partial charge on any atom is 0.234 e. The molecule has 0 radical (unpaired) electrons. The fourth-order valence-corrected chi connectivity index (χ4v) is 2.95. The lowest BCUT2D eigenvalue weighted by Crippen LogP contribution is -2.49. The molecule has 0 spiro atoms. The van der Waals surface area contributed by atoms with Crippen molar-refractivity contribution in [3.63, 3.8) is 0 Å². The first-order chi connectivity index (χ1) is 9.69. The zero-order valence-electron chi connectivity index (χ0n) is 12.1. The van der Waals surface area contributed by atoms with Gasteiger partial charge in [-0.2, -0.15) is 0 Å². The molecule has 2 rings (SSSR count). The molecule has 1 aromatic heterocycles. The summed E-state index contributed by atoms with van der Waals surface area (Å²) >= 11 is 1.73. The van der Waals surface area contributed by atoms with Gasteiger partial charge in [-0.25, -0.2) is 4.98 Å². The first kappa shape index (κ1) is 15.2. The van der Waals surface area contributed by atoms with E-state index >= 15 is 0 Å². The van der Waals surface area contributed by atoms with Crippen LogP contribution in [0.2, 0.25) is 0 Å². The number of carbonyl (C=O) groups is 1. The van der Waals surface area contributed by atoms with E-state index in [0.29, 0.717) is 19.7 Å². The number of carbonyl (C=O) groups excluding carboxylic acids is 1. The summed E-state index contributed by atoms with van der Waals surface area (Å²) in [6.07, 6.45) is 1.91. The van der Waals surface area contributed by atoms with Crippen molar-refractivity contribution in [3.8, 4) is 0 Å². The second kappa shape index (κ2) is 7.56. The van der Waals surface area contributed by atoms with Gasteiger partial charge in [0.25, 0.3) is 0 Å². The summed E-state index contributed by atoms with van der Waals surface area (Å²) in [5.74, 6) is 0.0700. The number of aryl methyl sites for hydroxylation is 1. The number of rotatable bonds is 6. The third-order valence-corrected chi connectivity index (χ3v) is 4.22. The van der Waals surface area contributed by atoms with Gasteiger partial charge in [-0.05, 0) is 6.92 Å². The summed E-state index contributed by atoms with van der Waals surface area (Å²) in [5.41, 5.74) is 0. The molecule has 20 heavy (non-hydrogen) atoms. The number of thiazole rings is 1. The fourth-order valence-electron chi connectivity index (χ4n) is 2.14. The summed E-state index contributed by atoms with van der Waals surface area (Å²) in [6, 6.07) is 0. The molecule has 1 amide bonds. The van der Waals surface area contributed by atoms with Crippen LogP contribution >= 0.6 is 11.3 Å². The molecule has 1 aliphatic rings. The van der Waals surface area contributed by atoms with Crippen molar-refractivity contribution < 1.29 is 9.53 Å². The zero-order chi connectivity index (χ0) is 14.4. The third-order valence-electron chi connectivity index (χ3n) is 3.25. The van der Waals surface area contributed by atoms with Crippen molar-refractivity contribution in [2.24, 2.45) is 0 Å². The lowest BCUT2D eigenvalue weighted by molar-refractivity contribution is -0.122. The standard InChI is InChI=1S/C13H22N4O2S/c1-11-9-15-13(20-11)17-6-4-16(5-7-17)10-12(18)14-3-8-19-2/h9H,3-8,10H2,1-2H3,(H,14,18). The molecular formula is C13H22N4O2S. The predicted molar refractivity (Wildman–Crippen MR) is 80.4 cm³/mol. The van der Waals surface area contributed by atoms with Crippen LogP contribution < -0.4 is 10.2 Å². The average Bonchev–Trinajstić information content (AvgIpc) is 2.86. The first-order valence-corrected chi connectivity index (χ1v) is 7.66. The fraction of sp³-hybridized carbons (Fsp3) is 0.692. The molecule has 0 aromatic carbocycles. The second-order valence-electron chi connectivity index (χ2n) is 4.86. The van der Waals surface area contributed by atoms with Gasteiger partial charge in [0, 0.05) is 50.9 Å². The highest BCUT2D eigenvalue weighted by Crippen LogP contribution is 2.22. The maximum atomic E-state index is 11.7. The van der Waals surface area contributed by atoms with Crippen molar-refractivity contribution in [3.05, 3.63) is 11.1 Å². The minimum atomic E-state index is 0.0700. The molecule has 2 heterocycles. The van der Waals surface area contributed by atoms with Crippen molar-refractivity contribution in [1.82, 2.24) is 15.2 Å². The lowest BCUT2D eigenvalue weighted by Gasteiger charge is -2.34. The number of hydrogen-bond acceptors (Lipinski definition) is 6. The molecule has 1 aromatic rings. The first-order valence-electron chi connectivity index (χ1n) is 6.84. The Morgan fingerprint density at radius 3 is 2.80 bits per heavy atom. The number of nitrogens with zero attached hydrogens (tertiary/aromatic N) is 3. The number of hydrogen-bond donors (Lipinski definition) is 1. The Morgan fingerprint density at radius 2 is 2.20 bits per heavy atom. The van der Waals surface area contributed by atoms with Crippen LogP contribution in [-0.4, -0.2) is 68.8 Å². The molecule has 0 bridgehead atoms. The minimum Gasteiger partial charge on any atom is -0.383 e. The van der Waals surface area contributed by atoms with Gasteiger partial charge in [0.05, 0.1) is 13.2 Å².